The van der Waals surface area contributed by atoms with Crippen LogP contribution in [0, 0.1) is 5.92 Å². The Morgan fingerprint density at radius 1 is 1.40 bits per heavy atom. The molecule has 0 bridgehead atoms. The molecule has 3 unspecified atom stereocenters. The maximum atomic E-state index is 6.22. The Bertz CT molecular complexity index is 435. The van der Waals surface area contributed by atoms with Gasteiger partial charge in [0.1, 0.15) is 5.75 Å². The first-order chi connectivity index (χ1) is 9.63. The summed E-state index contributed by atoms with van der Waals surface area (Å²) in [6, 6.07) is 6.78. The summed E-state index contributed by atoms with van der Waals surface area (Å²) in [5.41, 5.74) is 1.28. The van der Waals surface area contributed by atoms with Crippen molar-refractivity contribution in [2.24, 2.45) is 5.92 Å². The van der Waals surface area contributed by atoms with E-state index < -0.39 is 0 Å². The highest BCUT2D eigenvalue weighted by Crippen LogP contribution is 2.33. The van der Waals surface area contributed by atoms with Crippen LogP contribution in [0.2, 0.25) is 0 Å². The van der Waals surface area contributed by atoms with Crippen LogP contribution < -0.4 is 10.1 Å². The molecule has 0 radical (unpaired) electrons. The Kier molecular flexibility index (Phi) is 5.91. The fourth-order valence-corrected chi connectivity index (χ4v) is 3.44. The quantitative estimate of drug-likeness (QED) is 0.807. The van der Waals surface area contributed by atoms with Crippen molar-refractivity contribution in [2.75, 3.05) is 7.05 Å². The average molecular weight is 340 g/mol. The lowest BCUT2D eigenvalue weighted by Crippen LogP contribution is -2.25. The minimum absolute atomic E-state index is 0.361. The first kappa shape index (κ1) is 15.8. The fraction of sp³-hybridized carbons (Fsp3) is 0.647. The number of benzene rings is 1. The van der Waals surface area contributed by atoms with Gasteiger partial charge in [-0.2, -0.15) is 0 Å². The average Bonchev–Trinajstić information content (AvgIpc) is 2.48. The van der Waals surface area contributed by atoms with E-state index in [0.29, 0.717) is 12.1 Å². The molecule has 1 aromatic carbocycles. The molecule has 1 N–H and O–H groups in total. The molecule has 0 saturated heterocycles. The summed E-state index contributed by atoms with van der Waals surface area (Å²) in [5.74, 6) is 1.83. The van der Waals surface area contributed by atoms with Gasteiger partial charge in [-0.25, -0.2) is 0 Å². The molecule has 3 heteroatoms. The Hall–Kier alpha value is -0.540. The second-order valence-corrected chi connectivity index (χ2v) is 6.74. The molecule has 2 rings (SSSR count). The largest absolute Gasteiger partial charge is 0.489 e. The molecular formula is C17H26BrNO. The van der Waals surface area contributed by atoms with Gasteiger partial charge in [-0.05, 0) is 72.8 Å². The molecule has 0 aromatic heterocycles. The van der Waals surface area contributed by atoms with Crippen molar-refractivity contribution in [1.29, 1.82) is 0 Å². The van der Waals surface area contributed by atoms with E-state index in [1.807, 2.05) is 7.05 Å². The monoisotopic (exact) mass is 339 g/mol. The van der Waals surface area contributed by atoms with Crippen LogP contribution in [-0.4, -0.2) is 13.2 Å². The predicted molar refractivity (Wildman–Crippen MR) is 88.3 cm³/mol. The number of hydrogen-bond donors (Lipinski definition) is 1. The van der Waals surface area contributed by atoms with Crippen molar-refractivity contribution in [3.8, 4) is 5.75 Å². The molecule has 0 heterocycles. The van der Waals surface area contributed by atoms with Gasteiger partial charge in [0.05, 0.1) is 10.6 Å². The van der Waals surface area contributed by atoms with E-state index in [9.17, 15) is 0 Å². The van der Waals surface area contributed by atoms with Crippen LogP contribution in [0.5, 0.6) is 5.75 Å². The van der Waals surface area contributed by atoms with E-state index in [1.54, 1.807) is 0 Å². The zero-order valence-corrected chi connectivity index (χ0v) is 14.4. The summed E-state index contributed by atoms with van der Waals surface area (Å²) in [6.45, 7) is 4.45. The molecule has 1 aliphatic rings. The SMILES string of the molecule is CCC1CCCC(Oc2ccc(C(C)NC)cc2Br)C1. The van der Waals surface area contributed by atoms with Crippen LogP contribution in [0.1, 0.15) is 57.6 Å². The number of rotatable bonds is 5. The Labute approximate surface area is 131 Å². The van der Waals surface area contributed by atoms with Crippen molar-refractivity contribution in [2.45, 2.75) is 58.1 Å². The summed E-state index contributed by atoms with van der Waals surface area (Å²) < 4.78 is 7.28. The van der Waals surface area contributed by atoms with Gasteiger partial charge in [-0.3, -0.25) is 0 Å². The Morgan fingerprint density at radius 2 is 2.20 bits per heavy atom. The second-order valence-electron chi connectivity index (χ2n) is 5.88. The third-order valence-electron chi connectivity index (χ3n) is 4.49. The van der Waals surface area contributed by atoms with Crippen LogP contribution in [0.15, 0.2) is 22.7 Å². The first-order valence-corrected chi connectivity index (χ1v) is 8.56. The second kappa shape index (κ2) is 7.46. The molecule has 0 amide bonds. The zero-order chi connectivity index (χ0) is 14.5. The van der Waals surface area contributed by atoms with Crippen LogP contribution in [0.25, 0.3) is 0 Å². The molecule has 20 heavy (non-hydrogen) atoms. The highest BCUT2D eigenvalue weighted by atomic mass is 79.9. The van der Waals surface area contributed by atoms with Gasteiger partial charge < -0.3 is 10.1 Å². The minimum atomic E-state index is 0.361. The molecule has 1 fully saturated rings. The van der Waals surface area contributed by atoms with Gasteiger partial charge in [0.25, 0.3) is 0 Å². The van der Waals surface area contributed by atoms with Crippen LogP contribution >= 0.6 is 15.9 Å². The lowest BCUT2D eigenvalue weighted by atomic mass is 9.85. The Balaban J connectivity index is 2.02. The van der Waals surface area contributed by atoms with Gasteiger partial charge in [-0.15, -0.1) is 0 Å². The summed E-state index contributed by atoms with van der Waals surface area (Å²) in [6.07, 6.45) is 6.73. The van der Waals surface area contributed by atoms with E-state index in [2.05, 4.69) is 53.3 Å². The number of ether oxygens (including phenoxy) is 1. The summed E-state index contributed by atoms with van der Waals surface area (Å²) >= 11 is 3.65. The number of nitrogens with one attached hydrogen (secondary N) is 1. The maximum absolute atomic E-state index is 6.22. The number of halogens is 1. The standard InChI is InChI=1S/C17H26BrNO/c1-4-13-6-5-7-15(10-13)20-17-9-8-14(11-16(17)18)12(2)19-3/h8-9,11-13,15,19H,4-7,10H2,1-3H3. The molecule has 3 atom stereocenters. The van der Waals surface area contributed by atoms with Crippen molar-refractivity contribution in [3.63, 3.8) is 0 Å². The lowest BCUT2D eigenvalue weighted by Gasteiger charge is -2.29. The molecule has 1 aliphatic carbocycles. The van der Waals surface area contributed by atoms with Crippen molar-refractivity contribution in [3.05, 3.63) is 28.2 Å². The highest BCUT2D eigenvalue weighted by Gasteiger charge is 2.22. The molecule has 0 aliphatic heterocycles. The molecule has 2 nitrogen and oxygen atoms in total. The summed E-state index contributed by atoms with van der Waals surface area (Å²) in [7, 11) is 1.98. The topological polar surface area (TPSA) is 21.3 Å². The highest BCUT2D eigenvalue weighted by molar-refractivity contribution is 9.10. The predicted octanol–water partition coefficient (Wildman–Crippen LogP) is 5.08. The number of hydrogen-bond acceptors (Lipinski definition) is 2. The van der Waals surface area contributed by atoms with Crippen molar-refractivity contribution in [1.82, 2.24) is 5.32 Å². The van der Waals surface area contributed by atoms with Gasteiger partial charge in [0.2, 0.25) is 0 Å². The van der Waals surface area contributed by atoms with E-state index in [0.717, 1.165) is 16.1 Å². The minimum Gasteiger partial charge on any atom is -0.489 e. The summed E-state index contributed by atoms with van der Waals surface area (Å²) in [4.78, 5) is 0. The Morgan fingerprint density at radius 3 is 2.85 bits per heavy atom. The third-order valence-corrected chi connectivity index (χ3v) is 5.11. The maximum Gasteiger partial charge on any atom is 0.133 e. The molecule has 1 saturated carbocycles. The zero-order valence-electron chi connectivity index (χ0n) is 12.8. The van der Waals surface area contributed by atoms with Gasteiger partial charge >= 0.3 is 0 Å². The first-order valence-electron chi connectivity index (χ1n) is 7.77. The molecular weight excluding hydrogens is 314 g/mol. The molecule has 1 aromatic rings. The van der Waals surface area contributed by atoms with E-state index >= 15 is 0 Å². The van der Waals surface area contributed by atoms with Crippen LogP contribution in [0.4, 0.5) is 0 Å². The van der Waals surface area contributed by atoms with E-state index in [-0.39, 0.29) is 0 Å². The van der Waals surface area contributed by atoms with E-state index in [4.69, 9.17) is 4.74 Å². The fourth-order valence-electron chi connectivity index (χ4n) is 2.95. The van der Waals surface area contributed by atoms with Gasteiger partial charge in [0, 0.05) is 6.04 Å². The van der Waals surface area contributed by atoms with Crippen molar-refractivity contribution < 1.29 is 4.74 Å². The molecule has 0 spiro atoms. The van der Waals surface area contributed by atoms with Crippen LogP contribution in [0.3, 0.4) is 0 Å². The third kappa shape index (κ3) is 3.98. The lowest BCUT2D eigenvalue weighted by molar-refractivity contribution is 0.121. The summed E-state index contributed by atoms with van der Waals surface area (Å²) in [5, 5.41) is 3.26. The van der Waals surface area contributed by atoms with Gasteiger partial charge in [0.15, 0.2) is 0 Å². The van der Waals surface area contributed by atoms with Crippen LogP contribution in [-0.2, 0) is 0 Å². The molecule has 112 valence electrons. The normalized spacial score (nSPS) is 24.4. The smallest absolute Gasteiger partial charge is 0.133 e. The van der Waals surface area contributed by atoms with E-state index in [1.165, 1.54) is 37.7 Å². The van der Waals surface area contributed by atoms with Gasteiger partial charge in [-0.1, -0.05) is 25.8 Å². The van der Waals surface area contributed by atoms with Crippen molar-refractivity contribution >= 4 is 15.9 Å².